The maximum absolute atomic E-state index is 13.9. The zero-order valence-corrected chi connectivity index (χ0v) is 17.7. The summed E-state index contributed by atoms with van der Waals surface area (Å²) in [4.78, 5) is 4.28. The van der Waals surface area contributed by atoms with E-state index in [-0.39, 0.29) is 47.9 Å². The number of nitrogens with zero attached hydrogens (tertiary/aromatic N) is 1. The van der Waals surface area contributed by atoms with Gasteiger partial charge in [-0.2, -0.15) is 0 Å². The Balaban J connectivity index is 0.00000364. The van der Waals surface area contributed by atoms with Gasteiger partial charge in [0.2, 0.25) is 0 Å². The molecule has 0 fully saturated rings. The van der Waals surface area contributed by atoms with Gasteiger partial charge in [0.1, 0.15) is 11.6 Å². The zero-order chi connectivity index (χ0) is 19.1. The number of ether oxygens (including phenoxy) is 1. The van der Waals surface area contributed by atoms with Crippen LogP contribution in [0.1, 0.15) is 31.0 Å². The Morgan fingerprint density at radius 1 is 1.11 bits per heavy atom. The van der Waals surface area contributed by atoms with Crippen molar-refractivity contribution < 1.29 is 17.9 Å². The van der Waals surface area contributed by atoms with Crippen molar-refractivity contribution in [2.45, 2.75) is 26.4 Å². The van der Waals surface area contributed by atoms with Crippen molar-refractivity contribution in [2.75, 3.05) is 13.7 Å². The predicted molar refractivity (Wildman–Crippen MR) is 111 cm³/mol. The fourth-order valence-electron chi connectivity index (χ4n) is 2.39. The molecule has 0 amide bonds. The van der Waals surface area contributed by atoms with Crippen LogP contribution in [0.3, 0.4) is 0 Å². The second-order valence-corrected chi connectivity index (χ2v) is 5.69. The standard InChI is InChI=1S/C19H22F3N3O.HI/c1-4-23-19(24-11-14-9-15(20)6-7-16(14)21)25-12(2)13-5-8-18(26-3)17(22)10-13;/h5-10,12H,4,11H2,1-3H3,(H2,23,24,25);1H. The lowest BCUT2D eigenvalue weighted by atomic mass is 10.1. The third-order valence-corrected chi connectivity index (χ3v) is 3.79. The van der Waals surface area contributed by atoms with Gasteiger partial charge in [-0.3, -0.25) is 0 Å². The van der Waals surface area contributed by atoms with Gasteiger partial charge in [0.05, 0.1) is 19.7 Å². The summed E-state index contributed by atoms with van der Waals surface area (Å²) in [5, 5.41) is 6.15. The van der Waals surface area contributed by atoms with E-state index in [9.17, 15) is 13.2 Å². The van der Waals surface area contributed by atoms with Crippen molar-refractivity contribution in [3.05, 3.63) is 65.0 Å². The lowest BCUT2D eigenvalue weighted by molar-refractivity contribution is 0.386. The molecular weight excluding hydrogens is 470 g/mol. The van der Waals surface area contributed by atoms with Gasteiger partial charge in [0.25, 0.3) is 0 Å². The molecule has 0 saturated carbocycles. The van der Waals surface area contributed by atoms with Crippen molar-refractivity contribution in [2.24, 2.45) is 4.99 Å². The Bertz CT molecular complexity index is 787. The Morgan fingerprint density at radius 3 is 2.48 bits per heavy atom. The van der Waals surface area contributed by atoms with E-state index in [0.717, 1.165) is 18.2 Å². The van der Waals surface area contributed by atoms with Crippen LogP contribution >= 0.6 is 24.0 Å². The Morgan fingerprint density at radius 2 is 1.85 bits per heavy atom. The summed E-state index contributed by atoms with van der Waals surface area (Å²) in [6.07, 6.45) is 0. The molecule has 0 spiro atoms. The first-order valence-electron chi connectivity index (χ1n) is 8.26. The van der Waals surface area contributed by atoms with Crippen LogP contribution in [-0.2, 0) is 6.54 Å². The molecule has 0 aliphatic heterocycles. The first kappa shape index (κ1) is 23.1. The third kappa shape index (κ3) is 6.60. The maximum Gasteiger partial charge on any atom is 0.192 e. The number of halogens is 4. The van der Waals surface area contributed by atoms with E-state index >= 15 is 0 Å². The van der Waals surface area contributed by atoms with Crippen LogP contribution in [-0.4, -0.2) is 19.6 Å². The molecule has 2 rings (SSSR count). The number of nitrogens with one attached hydrogen (secondary N) is 2. The summed E-state index contributed by atoms with van der Waals surface area (Å²) in [6.45, 7) is 4.29. The van der Waals surface area contributed by atoms with Crippen molar-refractivity contribution in [1.29, 1.82) is 0 Å². The van der Waals surface area contributed by atoms with Gasteiger partial charge in [-0.05, 0) is 49.7 Å². The topological polar surface area (TPSA) is 45.7 Å². The highest BCUT2D eigenvalue weighted by molar-refractivity contribution is 14.0. The van der Waals surface area contributed by atoms with Crippen molar-refractivity contribution in [3.8, 4) is 5.75 Å². The van der Waals surface area contributed by atoms with Crippen molar-refractivity contribution in [1.82, 2.24) is 10.6 Å². The summed E-state index contributed by atoms with van der Waals surface area (Å²) in [5.74, 6) is -0.904. The first-order valence-corrected chi connectivity index (χ1v) is 8.26. The molecule has 8 heteroatoms. The van der Waals surface area contributed by atoms with Crippen molar-refractivity contribution in [3.63, 3.8) is 0 Å². The molecule has 0 bridgehead atoms. The molecular formula is C19H23F3IN3O. The van der Waals surface area contributed by atoms with E-state index in [0.29, 0.717) is 18.1 Å². The Hall–Kier alpha value is -1.97. The second kappa shape index (κ2) is 11.0. The monoisotopic (exact) mass is 493 g/mol. The van der Waals surface area contributed by atoms with Crippen molar-refractivity contribution >= 4 is 29.9 Å². The van der Waals surface area contributed by atoms with Gasteiger partial charge in [-0.25, -0.2) is 18.2 Å². The minimum absolute atomic E-state index is 0. The number of benzene rings is 2. The summed E-state index contributed by atoms with van der Waals surface area (Å²) in [5.41, 5.74) is 0.858. The van der Waals surface area contributed by atoms with Crippen LogP contribution in [0.4, 0.5) is 13.2 Å². The number of guanidine groups is 1. The molecule has 0 heterocycles. The smallest absolute Gasteiger partial charge is 0.192 e. The van der Waals surface area contributed by atoms with Crippen LogP contribution in [0.5, 0.6) is 5.75 Å². The lowest BCUT2D eigenvalue weighted by Gasteiger charge is -2.18. The molecule has 1 atom stereocenters. The maximum atomic E-state index is 13.9. The Kier molecular flexibility index (Phi) is 9.40. The normalized spacial score (nSPS) is 12.1. The molecule has 0 aliphatic rings. The quantitative estimate of drug-likeness (QED) is 0.353. The third-order valence-electron chi connectivity index (χ3n) is 3.79. The number of rotatable bonds is 6. The fourth-order valence-corrected chi connectivity index (χ4v) is 2.39. The summed E-state index contributed by atoms with van der Waals surface area (Å²) in [7, 11) is 1.40. The minimum Gasteiger partial charge on any atom is -0.494 e. The molecule has 148 valence electrons. The first-order chi connectivity index (χ1) is 12.4. The van der Waals surface area contributed by atoms with E-state index in [1.165, 1.54) is 13.2 Å². The van der Waals surface area contributed by atoms with E-state index in [1.54, 1.807) is 12.1 Å². The van der Waals surface area contributed by atoms with Crippen LogP contribution in [0.25, 0.3) is 0 Å². The molecule has 4 nitrogen and oxygen atoms in total. The molecule has 2 aromatic carbocycles. The van der Waals surface area contributed by atoms with Crippen LogP contribution in [0, 0.1) is 17.5 Å². The van der Waals surface area contributed by atoms with Gasteiger partial charge in [-0.15, -0.1) is 24.0 Å². The molecule has 0 aromatic heterocycles. The van der Waals surface area contributed by atoms with Gasteiger partial charge in [0, 0.05) is 12.1 Å². The molecule has 2 aromatic rings. The average Bonchev–Trinajstić information content (AvgIpc) is 2.62. The number of hydrogen-bond acceptors (Lipinski definition) is 2. The number of hydrogen-bond donors (Lipinski definition) is 2. The molecule has 0 aliphatic carbocycles. The number of aliphatic imine (C=N–C) groups is 1. The van der Waals surface area contributed by atoms with Gasteiger partial charge in [0.15, 0.2) is 17.5 Å². The molecule has 2 N–H and O–H groups in total. The second-order valence-electron chi connectivity index (χ2n) is 5.69. The van der Waals surface area contributed by atoms with E-state index < -0.39 is 17.5 Å². The Labute approximate surface area is 174 Å². The number of methoxy groups -OCH3 is 1. The highest BCUT2D eigenvalue weighted by Crippen LogP contribution is 2.21. The largest absolute Gasteiger partial charge is 0.494 e. The average molecular weight is 493 g/mol. The van der Waals surface area contributed by atoms with Gasteiger partial charge >= 0.3 is 0 Å². The lowest BCUT2D eigenvalue weighted by Crippen LogP contribution is -2.38. The summed E-state index contributed by atoms with van der Waals surface area (Å²) in [6, 6.07) is 7.67. The van der Waals surface area contributed by atoms with Gasteiger partial charge < -0.3 is 15.4 Å². The van der Waals surface area contributed by atoms with E-state index in [4.69, 9.17) is 4.74 Å². The molecule has 1 unspecified atom stereocenters. The highest BCUT2D eigenvalue weighted by Gasteiger charge is 2.12. The summed E-state index contributed by atoms with van der Waals surface area (Å²) >= 11 is 0. The summed E-state index contributed by atoms with van der Waals surface area (Å²) < 4.78 is 45.8. The van der Waals surface area contributed by atoms with Crippen LogP contribution < -0.4 is 15.4 Å². The molecule has 0 radical (unpaired) electrons. The fraction of sp³-hybridized carbons (Fsp3) is 0.316. The minimum atomic E-state index is -0.517. The predicted octanol–water partition coefficient (Wildman–Crippen LogP) is 4.55. The van der Waals surface area contributed by atoms with Crippen LogP contribution in [0.15, 0.2) is 41.4 Å². The molecule has 27 heavy (non-hydrogen) atoms. The van der Waals surface area contributed by atoms with E-state index in [1.807, 2.05) is 13.8 Å². The van der Waals surface area contributed by atoms with Gasteiger partial charge in [-0.1, -0.05) is 6.07 Å². The van der Waals surface area contributed by atoms with Crippen LogP contribution in [0.2, 0.25) is 0 Å². The van der Waals surface area contributed by atoms with E-state index in [2.05, 4.69) is 15.6 Å². The zero-order valence-electron chi connectivity index (χ0n) is 15.4. The SMILES string of the molecule is CCNC(=NCc1cc(F)ccc1F)NC(C)c1ccc(OC)c(F)c1.I. The highest BCUT2D eigenvalue weighted by atomic mass is 127. The molecule has 0 saturated heterocycles.